The number of hydrogen-bond acceptors (Lipinski definition) is 8. The lowest BCUT2D eigenvalue weighted by Crippen LogP contribution is -2.32. The number of carbonyl (C=O) groups is 1. The first-order chi connectivity index (χ1) is 16.2. The van der Waals surface area contributed by atoms with Crippen molar-refractivity contribution in [2.75, 3.05) is 26.8 Å². The standard InChI is InChI=1S/C24H28N4O4S/c1-28(12-14-30-19-7-3-2-4-8-19)17-18-15-25-23(26-16-18)20-10-11-21(33-20)24(29)27-32-22-9-5-6-13-31-22/h2-4,7-8,10-11,15-16,22H,5-6,9,12-14,17H2,1H3,(H,27,29). The Morgan fingerprint density at radius 2 is 2.00 bits per heavy atom. The SMILES string of the molecule is CN(CCOc1ccccc1)Cc1cnc(-c2ccc(C(=O)NOC3CCCCO3)s2)nc1. The van der Waals surface area contributed by atoms with Gasteiger partial charge >= 0.3 is 0 Å². The molecule has 0 saturated carbocycles. The summed E-state index contributed by atoms with van der Waals surface area (Å²) in [5, 5.41) is 0. The molecule has 1 saturated heterocycles. The molecule has 0 spiro atoms. The third kappa shape index (κ3) is 7.06. The third-order valence-electron chi connectivity index (χ3n) is 5.11. The molecule has 0 radical (unpaired) electrons. The van der Waals surface area contributed by atoms with E-state index in [9.17, 15) is 4.79 Å². The lowest BCUT2D eigenvalue weighted by atomic mass is 10.2. The molecule has 0 bridgehead atoms. The Balaban J connectivity index is 1.24. The van der Waals surface area contributed by atoms with Gasteiger partial charge in [-0.2, -0.15) is 0 Å². The van der Waals surface area contributed by atoms with Gasteiger partial charge in [0.05, 0.1) is 9.75 Å². The molecule has 1 N–H and O–H groups in total. The van der Waals surface area contributed by atoms with Crippen molar-refractivity contribution in [2.24, 2.45) is 0 Å². The number of ether oxygens (including phenoxy) is 2. The number of para-hydroxylation sites is 1. The summed E-state index contributed by atoms with van der Waals surface area (Å²) < 4.78 is 11.2. The van der Waals surface area contributed by atoms with Crippen LogP contribution in [0.4, 0.5) is 0 Å². The van der Waals surface area contributed by atoms with Crippen molar-refractivity contribution in [3.05, 3.63) is 65.3 Å². The summed E-state index contributed by atoms with van der Waals surface area (Å²) in [6.45, 7) is 2.77. The number of aromatic nitrogens is 2. The molecule has 1 aromatic carbocycles. The van der Waals surface area contributed by atoms with Crippen LogP contribution in [-0.4, -0.2) is 53.9 Å². The van der Waals surface area contributed by atoms with Crippen LogP contribution >= 0.6 is 11.3 Å². The fourth-order valence-electron chi connectivity index (χ4n) is 3.34. The van der Waals surface area contributed by atoms with E-state index < -0.39 is 0 Å². The van der Waals surface area contributed by atoms with E-state index in [0.717, 1.165) is 48.5 Å². The number of nitrogens with one attached hydrogen (secondary N) is 1. The number of benzene rings is 1. The number of likely N-dealkylation sites (N-methyl/N-ethyl adjacent to an activating group) is 1. The quantitative estimate of drug-likeness (QED) is 0.452. The summed E-state index contributed by atoms with van der Waals surface area (Å²) in [4.78, 5) is 30.2. The van der Waals surface area contributed by atoms with E-state index in [1.807, 2.05) is 55.8 Å². The molecule has 8 nitrogen and oxygen atoms in total. The minimum absolute atomic E-state index is 0.295. The van der Waals surface area contributed by atoms with E-state index in [4.69, 9.17) is 14.3 Å². The molecule has 4 rings (SSSR count). The summed E-state index contributed by atoms with van der Waals surface area (Å²) in [5.41, 5.74) is 3.49. The van der Waals surface area contributed by atoms with Gasteiger partial charge in [-0.15, -0.1) is 11.3 Å². The summed E-state index contributed by atoms with van der Waals surface area (Å²) in [6, 6.07) is 13.4. The Hall–Kier alpha value is -2.85. The van der Waals surface area contributed by atoms with E-state index in [0.29, 0.717) is 23.9 Å². The molecule has 174 valence electrons. The molecular weight excluding hydrogens is 440 g/mol. The first-order valence-electron chi connectivity index (χ1n) is 11.0. The molecule has 3 aromatic rings. The topological polar surface area (TPSA) is 85.8 Å². The highest BCUT2D eigenvalue weighted by Crippen LogP contribution is 2.25. The van der Waals surface area contributed by atoms with Gasteiger partial charge in [-0.3, -0.25) is 9.69 Å². The third-order valence-corrected chi connectivity index (χ3v) is 6.19. The summed E-state index contributed by atoms with van der Waals surface area (Å²) in [5.74, 6) is 1.17. The van der Waals surface area contributed by atoms with Crippen molar-refractivity contribution in [3.63, 3.8) is 0 Å². The van der Waals surface area contributed by atoms with Crippen LogP contribution in [0.5, 0.6) is 5.75 Å². The maximum Gasteiger partial charge on any atom is 0.285 e. The minimum Gasteiger partial charge on any atom is -0.492 e. The van der Waals surface area contributed by atoms with Crippen LogP contribution in [-0.2, 0) is 16.1 Å². The Labute approximate surface area is 197 Å². The molecule has 9 heteroatoms. The maximum atomic E-state index is 12.3. The van der Waals surface area contributed by atoms with E-state index in [-0.39, 0.29) is 12.2 Å². The average molecular weight is 469 g/mol. The Morgan fingerprint density at radius 3 is 2.76 bits per heavy atom. The van der Waals surface area contributed by atoms with E-state index in [2.05, 4.69) is 20.3 Å². The predicted octanol–water partition coefficient (Wildman–Crippen LogP) is 3.90. The summed E-state index contributed by atoms with van der Waals surface area (Å²) in [6.07, 6.45) is 6.11. The first-order valence-corrected chi connectivity index (χ1v) is 11.8. The van der Waals surface area contributed by atoms with Crippen LogP contribution in [0, 0.1) is 0 Å². The lowest BCUT2D eigenvalue weighted by molar-refractivity contribution is -0.186. The zero-order chi connectivity index (χ0) is 22.9. The van der Waals surface area contributed by atoms with Crippen LogP contribution in [0.1, 0.15) is 34.5 Å². The van der Waals surface area contributed by atoms with E-state index in [1.54, 1.807) is 6.07 Å². The molecule has 1 unspecified atom stereocenters. The molecule has 1 atom stereocenters. The van der Waals surface area contributed by atoms with Gasteiger partial charge in [-0.1, -0.05) is 18.2 Å². The normalized spacial score (nSPS) is 16.0. The minimum atomic E-state index is -0.374. The molecule has 1 aliphatic rings. The van der Waals surface area contributed by atoms with Crippen LogP contribution < -0.4 is 10.2 Å². The lowest BCUT2D eigenvalue weighted by Gasteiger charge is -2.21. The number of rotatable bonds is 10. The predicted molar refractivity (Wildman–Crippen MR) is 126 cm³/mol. The molecule has 33 heavy (non-hydrogen) atoms. The largest absolute Gasteiger partial charge is 0.492 e. The molecule has 1 aliphatic heterocycles. The molecule has 2 aromatic heterocycles. The number of hydrogen-bond donors (Lipinski definition) is 1. The summed E-state index contributed by atoms with van der Waals surface area (Å²) in [7, 11) is 2.03. The van der Waals surface area contributed by atoms with Crippen molar-refractivity contribution < 1.29 is 19.1 Å². The van der Waals surface area contributed by atoms with Gasteiger partial charge in [0.15, 0.2) is 12.1 Å². The van der Waals surface area contributed by atoms with Crippen molar-refractivity contribution in [3.8, 4) is 16.5 Å². The highest BCUT2D eigenvalue weighted by atomic mass is 32.1. The molecule has 3 heterocycles. The summed E-state index contributed by atoms with van der Waals surface area (Å²) >= 11 is 1.32. The van der Waals surface area contributed by atoms with E-state index in [1.165, 1.54) is 11.3 Å². The monoisotopic (exact) mass is 468 g/mol. The Kier molecular flexibility index (Phi) is 8.37. The number of thiophene rings is 1. The van der Waals surface area contributed by atoms with Gasteiger partial charge in [0.1, 0.15) is 12.4 Å². The molecule has 0 aliphatic carbocycles. The molecule has 1 fully saturated rings. The second-order valence-electron chi connectivity index (χ2n) is 7.82. The number of hydroxylamine groups is 1. The number of nitrogens with zero attached hydrogens (tertiary/aromatic N) is 3. The van der Waals surface area contributed by atoms with Crippen molar-refractivity contribution in [2.45, 2.75) is 32.1 Å². The van der Waals surface area contributed by atoms with Gasteiger partial charge < -0.3 is 9.47 Å². The van der Waals surface area contributed by atoms with Crippen LogP contribution in [0.2, 0.25) is 0 Å². The van der Waals surface area contributed by atoms with Gasteiger partial charge in [0.25, 0.3) is 5.91 Å². The fourth-order valence-corrected chi connectivity index (χ4v) is 4.18. The Bertz CT molecular complexity index is 1010. The second kappa shape index (κ2) is 11.9. The molecule has 1 amide bonds. The smallest absolute Gasteiger partial charge is 0.285 e. The number of carbonyl (C=O) groups excluding carboxylic acids is 1. The molecular formula is C24H28N4O4S. The highest BCUT2D eigenvalue weighted by Gasteiger charge is 2.17. The second-order valence-corrected chi connectivity index (χ2v) is 8.91. The average Bonchev–Trinajstić information content (AvgIpc) is 3.35. The van der Waals surface area contributed by atoms with Gasteiger partial charge in [0, 0.05) is 44.1 Å². The van der Waals surface area contributed by atoms with Crippen LogP contribution in [0.25, 0.3) is 10.7 Å². The fraction of sp³-hybridized carbons (Fsp3) is 0.375. The number of amides is 1. The highest BCUT2D eigenvalue weighted by molar-refractivity contribution is 7.17. The van der Waals surface area contributed by atoms with E-state index >= 15 is 0 Å². The van der Waals surface area contributed by atoms with Crippen molar-refractivity contribution in [1.29, 1.82) is 0 Å². The van der Waals surface area contributed by atoms with Gasteiger partial charge in [0.2, 0.25) is 0 Å². The zero-order valence-corrected chi connectivity index (χ0v) is 19.4. The van der Waals surface area contributed by atoms with Crippen LogP contribution in [0.3, 0.4) is 0 Å². The zero-order valence-electron chi connectivity index (χ0n) is 18.6. The first kappa shape index (κ1) is 23.3. The maximum absolute atomic E-state index is 12.3. The Morgan fingerprint density at radius 1 is 1.18 bits per heavy atom. The van der Waals surface area contributed by atoms with Crippen molar-refractivity contribution in [1.82, 2.24) is 20.3 Å². The van der Waals surface area contributed by atoms with Gasteiger partial charge in [-0.25, -0.2) is 20.3 Å². The van der Waals surface area contributed by atoms with Crippen molar-refractivity contribution >= 4 is 17.2 Å². The van der Waals surface area contributed by atoms with Gasteiger partial charge in [-0.05, 0) is 44.2 Å². The van der Waals surface area contributed by atoms with Crippen LogP contribution in [0.15, 0.2) is 54.9 Å².